The Morgan fingerprint density at radius 3 is 2.42 bits per heavy atom. The van der Waals surface area contributed by atoms with Crippen LogP contribution in [0.2, 0.25) is 0 Å². The van der Waals surface area contributed by atoms with Gasteiger partial charge in [-0.25, -0.2) is 9.67 Å². The highest BCUT2D eigenvalue weighted by molar-refractivity contribution is 5.79. The molecular formula is C20H22N4O2. The first-order valence-electron chi connectivity index (χ1n) is 8.52. The number of rotatable bonds is 7. The van der Waals surface area contributed by atoms with E-state index in [4.69, 9.17) is 0 Å². The van der Waals surface area contributed by atoms with Gasteiger partial charge in [-0.3, -0.25) is 4.79 Å². The topological polar surface area (TPSA) is 80.0 Å². The smallest absolute Gasteiger partial charge is 0.244 e. The number of amides is 1. The van der Waals surface area contributed by atoms with Gasteiger partial charge in [0.25, 0.3) is 0 Å². The third-order valence-corrected chi connectivity index (χ3v) is 4.42. The van der Waals surface area contributed by atoms with Gasteiger partial charge in [0.05, 0.1) is 6.54 Å². The molecule has 0 bridgehead atoms. The van der Waals surface area contributed by atoms with Gasteiger partial charge in [-0.1, -0.05) is 60.7 Å². The number of nitrogens with one attached hydrogen (secondary N) is 1. The molecule has 0 saturated carbocycles. The molecular weight excluding hydrogens is 328 g/mol. The van der Waals surface area contributed by atoms with Crippen molar-refractivity contribution < 1.29 is 9.90 Å². The average Bonchev–Trinajstić information content (AvgIpc) is 3.22. The number of aliphatic hydroxyl groups is 1. The lowest BCUT2D eigenvalue weighted by Crippen LogP contribution is -2.44. The summed E-state index contributed by atoms with van der Waals surface area (Å²) in [6.07, 6.45) is 3.28. The van der Waals surface area contributed by atoms with Gasteiger partial charge < -0.3 is 10.4 Å². The van der Waals surface area contributed by atoms with E-state index >= 15 is 0 Å². The lowest BCUT2D eigenvalue weighted by molar-refractivity contribution is -0.125. The molecule has 0 aliphatic rings. The Hall–Kier alpha value is -2.99. The number of benzene rings is 2. The van der Waals surface area contributed by atoms with Gasteiger partial charge in [-0.2, -0.15) is 5.10 Å². The van der Waals surface area contributed by atoms with Gasteiger partial charge in [-0.05, 0) is 18.1 Å². The van der Waals surface area contributed by atoms with Crippen molar-refractivity contribution in [1.82, 2.24) is 20.1 Å². The van der Waals surface area contributed by atoms with E-state index in [-0.39, 0.29) is 12.5 Å². The maximum Gasteiger partial charge on any atom is 0.244 e. The molecule has 6 heteroatoms. The van der Waals surface area contributed by atoms with E-state index in [9.17, 15) is 9.90 Å². The molecule has 2 N–H and O–H groups in total. The van der Waals surface area contributed by atoms with Crippen molar-refractivity contribution in [3.63, 3.8) is 0 Å². The minimum atomic E-state index is -1.21. The first-order chi connectivity index (χ1) is 12.6. The minimum Gasteiger partial charge on any atom is -0.383 e. The molecule has 1 aromatic heterocycles. The molecule has 3 rings (SSSR count). The predicted octanol–water partition coefficient (Wildman–Crippen LogP) is 2.09. The highest BCUT2D eigenvalue weighted by Gasteiger charge is 2.31. The Balaban J connectivity index is 1.77. The van der Waals surface area contributed by atoms with Crippen LogP contribution in [-0.2, 0) is 16.8 Å². The molecule has 0 fully saturated rings. The van der Waals surface area contributed by atoms with Crippen LogP contribution in [-0.4, -0.2) is 32.3 Å². The van der Waals surface area contributed by atoms with Crippen LogP contribution >= 0.6 is 0 Å². The standard InChI is InChI=1S/C20H22N4O2/c1-16(24-15-21-14-23-24)19(25)22-13-20(26,18-10-6-3-7-11-18)12-17-8-4-2-5-9-17/h2-11,14-16,26H,12-13H2,1H3,(H,22,25)/t16-,20-/m0/s1. The third-order valence-electron chi connectivity index (χ3n) is 4.42. The Morgan fingerprint density at radius 1 is 1.15 bits per heavy atom. The van der Waals surface area contributed by atoms with Crippen LogP contribution in [0.5, 0.6) is 0 Å². The second-order valence-electron chi connectivity index (χ2n) is 6.33. The van der Waals surface area contributed by atoms with Crippen LogP contribution in [0.4, 0.5) is 0 Å². The lowest BCUT2D eigenvalue weighted by atomic mass is 9.87. The van der Waals surface area contributed by atoms with Crippen molar-refractivity contribution >= 4 is 5.91 Å². The highest BCUT2D eigenvalue weighted by Crippen LogP contribution is 2.25. The summed E-state index contributed by atoms with van der Waals surface area (Å²) in [6, 6.07) is 18.6. The van der Waals surface area contributed by atoms with Gasteiger partial charge in [0.15, 0.2) is 0 Å². The Bertz CT molecular complexity index is 822. The number of hydrogen-bond acceptors (Lipinski definition) is 4. The van der Waals surface area contributed by atoms with E-state index in [0.717, 1.165) is 11.1 Å². The summed E-state index contributed by atoms with van der Waals surface area (Å²) in [5, 5.41) is 18.2. The van der Waals surface area contributed by atoms with Crippen LogP contribution in [0, 0.1) is 0 Å². The van der Waals surface area contributed by atoms with Crippen LogP contribution in [0.25, 0.3) is 0 Å². The average molecular weight is 350 g/mol. The molecule has 26 heavy (non-hydrogen) atoms. The second-order valence-corrected chi connectivity index (χ2v) is 6.33. The predicted molar refractivity (Wildman–Crippen MR) is 98.2 cm³/mol. The number of aromatic nitrogens is 3. The molecule has 1 amide bonds. The lowest BCUT2D eigenvalue weighted by Gasteiger charge is -2.30. The maximum atomic E-state index is 12.5. The number of carbonyl (C=O) groups excluding carboxylic acids is 1. The molecule has 0 aliphatic heterocycles. The van der Waals surface area contributed by atoms with E-state index in [0.29, 0.717) is 6.42 Å². The van der Waals surface area contributed by atoms with Gasteiger partial charge in [0.2, 0.25) is 5.91 Å². The highest BCUT2D eigenvalue weighted by atomic mass is 16.3. The molecule has 134 valence electrons. The van der Waals surface area contributed by atoms with Crippen molar-refractivity contribution in [2.45, 2.75) is 25.0 Å². The third kappa shape index (κ3) is 4.15. The Morgan fingerprint density at radius 2 is 1.81 bits per heavy atom. The SMILES string of the molecule is C[C@@H](C(=O)NC[C@@](O)(Cc1ccccc1)c1ccccc1)n1cncn1. The van der Waals surface area contributed by atoms with E-state index < -0.39 is 11.6 Å². The minimum absolute atomic E-state index is 0.101. The summed E-state index contributed by atoms with van der Waals surface area (Å²) >= 11 is 0. The summed E-state index contributed by atoms with van der Waals surface area (Å²) in [4.78, 5) is 16.3. The van der Waals surface area contributed by atoms with Crippen LogP contribution in [0.1, 0.15) is 24.1 Å². The largest absolute Gasteiger partial charge is 0.383 e. The van der Waals surface area contributed by atoms with Crippen LogP contribution < -0.4 is 5.32 Å². The van der Waals surface area contributed by atoms with Gasteiger partial charge in [0.1, 0.15) is 24.3 Å². The first kappa shape index (κ1) is 17.8. The fourth-order valence-corrected chi connectivity index (χ4v) is 2.87. The molecule has 0 saturated heterocycles. The van der Waals surface area contributed by atoms with E-state index in [2.05, 4.69) is 15.4 Å². The molecule has 0 aliphatic carbocycles. The summed E-state index contributed by atoms with van der Waals surface area (Å²) in [6.45, 7) is 1.84. The number of hydrogen-bond donors (Lipinski definition) is 2. The number of carbonyl (C=O) groups is 1. The van der Waals surface area contributed by atoms with Crippen molar-refractivity contribution in [2.24, 2.45) is 0 Å². The quantitative estimate of drug-likeness (QED) is 0.684. The molecule has 3 aromatic rings. The molecule has 2 aromatic carbocycles. The van der Waals surface area contributed by atoms with Gasteiger partial charge in [0, 0.05) is 6.42 Å². The molecule has 1 heterocycles. The van der Waals surface area contributed by atoms with E-state index in [1.54, 1.807) is 6.92 Å². The zero-order valence-electron chi connectivity index (χ0n) is 14.6. The second kappa shape index (κ2) is 7.93. The molecule has 0 spiro atoms. The van der Waals surface area contributed by atoms with Crippen molar-refractivity contribution in [1.29, 1.82) is 0 Å². The van der Waals surface area contributed by atoms with Crippen LogP contribution in [0.3, 0.4) is 0 Å². The number of nitrogens with zero attached hydrogens (tertiary/aromatic N) is 3. The zero-order valence-corrected chi connectivity index (χ0v) is 14.6. The fraction of sp³-hybridized carbons (Fsp3) is 0.250. The van der Waals surface area contributed by atoms with Crippen molar-refractivity contribution in [3.05, 3.63) is 84.4 Å². The maximum absolute atomic E-state index is 12.5. The summed E-state index contributed by atoms with van der Waals surface area (Å²) in [5.74, 6) is -0.224. The van der Waals surface area contributed by atoms with Crippen molar-refractivity contribution in [2.75, 3.05) is 6.54 Å². The zero-order chi connectivity index (χ0) is 18.4. The van der Waals surface area contributed by atoms with E-state index in [1.807, 2.05) is 60.7 Å². The van der Waals surface area contributed by atoms with Gasteiger partial charge >= 0.3 is 0 Å². The monoisotopic (exact) mass is 350 g/mol. The van der Waals surface area contributed by atoms with Gasteiger partial charge in [-0.15, -0.1) is 0 Å². The Labute approximate surface area is 152 Å². The summed E-state index contributed by atoms with van der Waals surface area (Å²) in [5.41, 5.74) is 0.551. The first-order valence-corrected chi connectivity index (χ1v) is 8.52. The molecule has 0 unspecified atom stereocenters. The molecule has 0 radical (unpaired) electrons. The summed E-state index contributed by atoms with van der Waals surface area (Å²) in [7, 11) is 0. The van der Waals surface area contributed by atoms with Crippen molar-refractivity contribution in [3.8, 4) is 0 Å². The van der Waals surface area contributed by atoms with E-state index in [1.165, 1.54) is 17.3 Å². The Kier molecular flexibility index (Phi) is 5.43. The molecule has 2 atom stereocenters. The fourth-order valence-electron chi connectivity index (χ4n) is 2.87. The van der Waals surface area contributed by atoms with Crippen LogP contribution in [0.15, 0.2) is 73.3 Å². The molecule has 6 nitrogen and oxygen atoms in total. The summed E-state index contributed by atoms with van der Waals surface area (Å²) < 4.78 is 1.48. The normalized spacial score (nSPS) is 14.4.